The maximum atomic E-state index is 12.3. The fourth-order valence-corrected chi connectivity index (χ4v) is 2.66. The summed E-state index contributed by atoms with van der Waals surface area (Å²) in [4.78, 5) is 12.3. The van der Waals surface area contributed by atoms with Gasteiger partial charge in [0.05, 0.1) is 19.9 Å². The number of hydrogen-bond donors (Lipinski definition) is 2. The number of ether oxygens (including phenoxy) is 2. The number of amides is 1. The Morgan fingerprint density at radius 2 is 1.48 bits per heavy atom. The number of nitrogens with one attached hydrogen (secondary N) is 2. The number of carbonyl (C=O) groups excluding carboxylic acids is 1. The maximum Gasteiger partial charge on any atom is 0.255 e. The van der Waals surface area contributed by atoms with E-state index in [2.05, 4.69) is 10.6 Å². The van der Waals surface area contributed by atoms with Gasteiger partial charge in [-0.15, -0.1) is 0 Å². The van der Waals surface area contributed by atoms with E-state index in [0.717, 1.165) is 28.4 Å². The predicted molar refractivity (Wildman–Crippen MR) is 108 cm³/mol. The number of rotatable bonds is 6. The van der Waals surface area contributed by atoms with Gasteiger partial charge in [0.2, 0.25) is 0 Å². The van der Waals surface area contributed by atoms with Crippen molar-refractivity contribution < 1.29 is 14.3 Å². The van der Waals surface area contributed by atoms with E-state index >= 15 is 0 Å². The highest BCUT2D eigenvalue weighted by atomic mass is 16.5. The van der Waals surface area contributed by atoms with Crippen molar-refractivity contribution >= 4 is 23.0 Å². The molecule has 0 atom stereocenters. The highest BCUT2D eigenvalue weighted by Gasteiger charge is 2.07. The van der Waals surface area contributed by atoms with Gasteiger partial charge in [-0.05, 0) is 73.2 Å². The van der Waals surface area contributed by atoms with Crippen LogP contribution < -0.4 is 20.1 Å². The summed E-state index contributed by atoms with van der Waals surface area (Å²) < 4.78 is 10.5. The molecule has 5 nitrogen and oxygen atoms in total. The molecule has 3 aromatic rings. The smallest absolute Gasteiger partial charge is 0.255 e. The Labute approximate surface area is 158 Å². The van der Waals surface area contributed by atoms with Crippen LogP contribution in [0.4, 0.5) is 17.1 Å². The standard InChI is InChI=1S/C22H22N2O3/c1-15-4-13-21(27-3)20(14-15)23-17-7-9-18(10-8-17)24-22(25)16-5-11-19(26-2)12-6-16/h4-14,23H,1-3H3,(H,24,25). The molecule has 138 valence electrons. The first-order chi connectivity index (χ1) is 13.1. The van der Waals surface area contributed by atoms with Gasteiger partial charge in [0.1, 0.15) is 11.5 Å². The quantitative estimate of drug-likeness (QED) is 0.647. The largest absolute Gasteiger partial charge is 0.497 e. The first-order valence-corrected chi connectivity index (χ1v) is 8.56. The van der Waals surface area contributed by atoms with Crippen molar-refractivity contribution in [3.8, 4) is 11.5 Å². The van der Waals surface area contributed by atoms with Gasteiger partial charge in [0.15, 0.2) is 0 Å². The molecule has 2 N–H and O–H groups in total. The Balaban J connectivity index is 1.68. The minimum Gasteiger partial charge on any atom is -0.497 e. The summed E-state index contributed by atoms with van der Waals surface area (Å²) in [6.07, 6.45) is 0. The molecule has 0 fully saturated rings. The molecule has 0 aromatic heterocycles. The summed E-state index contributed by atoms with van der Waals surface area (Å²) in [7, 11) is 3.24. The van der Waals surface area contributed by atoms with E-state index in [4.69, 9.17) is 9.47 Å². The van der Waals surface area contributed by atoms with Gasteiger partial charge in [-0.1, -0.05) is 6.07 Å². The van der Waals surface area contributed by atoms with E-state index in [-0.39, 0.29) is 5.91 Å². The van der Waals surface area contributed by atoms with Gasteiger partial charge in [0.25, 0.3) is 5.91 Å². The summed E-state index contributed by atoms with van der Waals surface area (Å²) in [5.41, 5.74) is 4.23. The molecule has 5 heteroatoms. The fourth-order valence-electron chi connectivity index (χ4n) is 2.66. The van der Waals surface area contributed by atoms with Gasteiger partial charge in [0, 0.05) is 16.9 Å². The Hall–Kier alpha value is -3.47. The monoisotopic (exact) mass is 362 g/mol. The number of hydrogen-bond acceptors (Lipinski definition) is 4. The zero-order valence-electron chi connectivity index (χ0n) is 15.6. The second-order valence-corrected chi connectivity index (χ2v) is 6.09. The zero-order valence-corrected chi connectivity index (χ0v) is 15.6. The molecule has 0 bridgehead atoms. The maximum absolute atomic E-state index is 12.3. The van der Waals surface area contributed by atoms with Crippen LogP contribution in [0.2, 0.25) is 0 Å². The van der Waals surface area contributed by atoms with E-state index in [1.165, 1.54) is 0 Å². The van der Waals surface area contributed by atoms with E-state index in [9.17, 15) is 4.79 Å². The SMILES string of the molecule is COc1ccc(C(=O)Nc2ccc(Nc3cc(C)ccc3OC)cc2)cc1. The number of carbonyl (C=O) groups is 1. The molecular formula is C22H22N2O3. The van der Waals surface area contributed by atoms with Gasteiger partial charge in [-0.3, -0.25) is 4.79 Å². The summed E-state index contributed by atoms with van der Waals surface area (Å²) >= 11 is 0. The van der Waals surface area contributed by atoms with E-state index < -0.39 is 0 Å². The molecule has 0 aliphatic rings. The van der Waals surface area contributed by atoms with Crippen LogP contribution in [0.15, 0.2) is 66.7 Å². The van der Waals surface area contributed by atoms with Crippen molar-refractivity contribution in [3.05, 3.63) is 77.9 Å². The van der Waals surface area contributed by atoms with Gasteiger partial charge in [-0.25, -0.2) is 0 Å². The van der Waals surface area contributed by atoms with E-state index in [0.29, 0.717) is 11.3 Å². The Bertz CT molecular complexity index is 919. The summed E-state index contributed by atoms with van der Waals surface area (Å²) in [6.45, 7) is 2.03. The lowest BCUT2D eigenvalue weighted by molar-refractivity contribution is 0.102. The molecule has 0 heterocycles. The molecule has 0 radical (unpaired) electrons. The third-order valence-electron chi connectivity index (χ3n) is 4.13. The van der Waals surface area contributed by atoms with E-state index in [1.54, 1.807) is 38.5 Å². The molecular weight excluding hydrogens is 340 g/mol. The zero-order chi connectivity index (χ0) is 19.2. The second-order valence-electron chi connectivity index (χ2n) is 6.09. The van der Waals surface area contributed by atoms with Gasteiger partial charge < -0.3 is 20.1 Å². The molecule has 0 aliphatic carbocycles. The highest BCUT2D eigenvalue weighted by molar-refractivity contribution is 6.04. The first-order valence-electron chi connectivity index (χ1n) is 8.56. The second kappa shape index (κ2) is 8.27. The average Bonchev–Trinajstić information content (AvgIpc) is 2.70. The Kier molecular flexibility index (Phi) is 5.61. The lowest BCUT2D eigenvalue weighted by Gasteiger charge is -2.13. The normalized spacial score (nSPS) is 10.2. The fraction of sp³-hybridized carbons (Fsp3) is 0.136. The van der Waals surface area contributed by atoms with Crippen molar-refractivity contribution in [2.24, 2.45) is 0 Å². The van der Waals surface area contributed by atoms with Crippen molar-refractivity contribution in [1.29, 1.82) is 0 Å². The molecule has 0 unspecified atom stereocenters. The Morgan fingerprint density at radius 1 is 0.815 bits per heavy atom. The predicted octanol–water partition coefficient (Wildman–Crippen LogP) is 5.01. The lowest BCUT2D eigenvalue weighted by Crippen LogP contribution is -2.11. The highest BCUT2D eigenvalue weighted by Crippen LogP contribution is 2.29. The van der Waals surface area contributed by atoms with Crippen LogP contribution in [-0.2, 0) is 0 Å². The number of anilines is 3. The number of benzene rings is 3. The third-order valence-corrected chi connectivity index (χ3v) is 4.13. The molecule has 3 rings (SSSR count). The van der Waals surface area contributed by atoms with Crippen LogP contribution in [0, 0.1) is 6.92 Å². The molecule has 27 heavy (non-hydrogen) atoms. The summed E-state index contributed by atoms with van der Waals surface area (Å²) in [6, 6.07) is 20.5. The molecule has 0 saturated carbocycles. The van der Waals surface area contributed by atoms with Crippen molar-refractivity contribution in [3.63, 3.8) is 0 Å². The topological polar surface area (TPSA) is 59.6 Å². The van der Waals surface area contributed by atoms with Crippen LogP contribution in [0.1, 0.15) is 15.9 Å². The molecule has 1 amide bonds. The van der Waals surface area contributed by atoms with Crippen LogP contribution in [0.3, 0.4) is 0 Å². The third kappa shape index (κ3) is 4.58. The van der Waals surface area contributed by atoms with E-state index in [1.807, 2.05) is 49.4 Å². The van der Waals surface area contributed by atoms with Crippen LogP contribution in [-0.4, -0.2) is 20.1 Å². The molecule has 0 aliphatic heterocycles. The van der Waals surface area contributed by atoms with Crippen molar-refractivity contribution in [2.45, 2.75) is 6.92 Å². The first kappa shape index (κ1) is 18.3. The average molecular weight is 362 g/mol. The number of methoxy groups -OCH3 is 2. The molecule has 0 spiro atoms. The van der Waals surface area contributed by atoms with Crippen LogP contribution in [0.25, 0.3) is 0 Å². The molecule has 3 aromatic carbocycles. The lowest BCUT2D eigenvalue weighted by atomic mass is 10.2. The van der Waals surface area contributed by atoms with Gasteiger partial charge >= 0.3 is 0 Å². The van der Waals surface area contributed by atoms with Crippen molar-refractivity contribution in [2.75, 3.05) is 24.9 Å². The van der Waals surface area contributed by atoms with Gasteiger partial charge in [-0.2, -0.15) is 0 Å². The number of aryl methyl sites for hydroxylation is 1. The summed E-state index contributed by atoms with van der Waals surface area (Å²) in [5.74, 6) is 1.32. The minimum absolute atomic E-state index is 0.168. The summed E-state index contributed by atoms with van der Waals surface area (Å²) in [5, 5.41) is 6.22. The Morgan fingerprint density at radius 3 is 2.11 bits per heavy atom. The minimum atomic E-state index is -0.168. The molecule has 0 saturated heterocycles. The van der Waals surface area contributed by atoms with Crippen LogP contribution >= 0.6 is 0 Å². The van der Waals surface area contributed by atoms with Crippen molar-refractivity contribution in [1.82, 2.24) is 0 Å². The van der Waals surface area contributed by atoms with Crippen LogP contribution in [0.5, 0.6) is 11.5 Å².